The third-order valence-electron chi connectivity index (χ3n) is 9.80. The van der Waals surface area contributed by atoms with E-state index >= 15 is 4.39 Å². The Labute approximate surface area is 257 Å². The van der Waals surface area contributed by atoms with Gasteiger partial charge in [0.1, 0.15) is 18.1 Å². The van der Waals surface area contributed by atoms with Crippen LogP contribution < -0.4 is 14.4 Å². The second-order valence-corrected chi connectivity index (χ2v) is 13.6. The summed E-state index contributed by atoms with van der Waals surface area (Å²) in [5, 5.41) is 9.93. The number of aryl methyl sites for hydroxylation is 1. The number of likely N-dealkylation sites (tertiary alicyclic amines) is 1. The average molecular weight is 589 g/mol. The molecule has 0 spiro atoms. The number of piperidine rings is 1. The van der Waals surface area contributed by atoms with Crippen molar-refractivity contribution in [3.63, 3.8) is 0 Å². The molecule has 232 valence electrons. The van der Waals surface area contributed by atoms with E-state index < -0.39 is 0 Å². The molecular formula is C37H49FN2O3. The molecule has 43 heavy (non-hydrogen) atoms. The summed E-state index contributed by atoms with van der Waals surface area (Å²) in [5.74, 6) is 1.50. The molecule has 1 aliphatic carbocycles. The number of nitrogens with zero attached hydrogens (tertiary/aromatic N) is 2. The highest BCUT2D eigenvalue weighted by Gasteiger charge is 2.40. The zero-order valence-corrected chi connectivity index (χ0v) is 26.9. The normalized spacial score (nSPS) is 19.5. The van der Waals surface area contributed by atoms with Gasteiger partial charge in [-0.05, 0) is 132 Å². The van der Waals surface area contributed by atoms with Crippen molar-refractivity contribution in [1.29, 1.82) is 0 Å². The Kier molecular flexibility index (Phi) is 9.26. The van der Waals surface area contributed by atoms with Gasteiger partial charge in [0.25, 0.3) is 0 Å². The number of methoxy groups -OCH3 is 1. The van der Waals surface area contributed by atoms with Crippen LogP contribution in [0.3, 0.4) is 0 Å². The maximum Gasteiger partial charge on any atom is 0.165 e. The van der Waals surface area contributed by atoms with E-state index in [1.54, 1.807) is 25.3 Å². The molecule has 0 amide bonds. The summed E-state index contributed by atoms with van der Waals surface area (Å²) in [5.41, 5.74) is 6.07. The Morgan fingerprint density at radius 2 is 1.74 bits per heavy atom. The molecule has 1 unspecified atom stereocenters. The van der Waals surface area contributed by atoms with E-state index in [4.69, 9.17) is 9.47 Å². The topological polar surface area (TPSA) is 45.2 Å². The van der Waals surface area contributed by atoms with Crippen LogP contribution in [0, 0.1) is 5.82 Å². The number of ether oxygens (including phenoxy) is 2. The summed E-state index contributed by atoms with van der Waals surface area (Å²) in [6.07, 6.45) is 6.45. The fourth-order valence-electron chi connectivity index (χ4n) is 7.52. The Hall–Kier alpha value is -3.25. The van der Waals surface area contributed by atoms with E-state index in [2.05, 4.69) is 62.6 Å². The smallest absolute Gasteiger partial charge is 0.165 e. The van der Waals surface area contributed by atoms with Gasteiger partial charge in [-0.25, -0.2) is 4.39 Å². The first-order valence-corrected chi connectivity index (χ1v) is 15.9. The molecule has 2 aliphatic rings. The van der Waals surface area contributed by atoms with Crippen molar-refractivity contribution in [3.8, 4) is 17.2 Å². The minimum atomic E-state index is -0.316. The van der Waals surface area contributed by atoms with Crippen LogP contribution in [-0.4, -0.2) is 47.9 Å². The minimum Gasteiger partial charge on any atom is -0.508 e. The van der Waals surface area contributed by atoms with Crippen LogP contribution in [-0.2, 0) is 19.4 Å². The van der Waals surface area contributed by atoms with E-state index in [0.717, 1.165) is 49.4 Å². The predicted octanol–water partition coefficient (Wildman–Crippen LogP) is 8.26. The molecule has 5 nitrogen and oxygen atoms in total. The van der Waals surface area contributed by atoms with Crippen LogP contribution in [0.15, 0.2) is 54.6 Å². The first-order chi connectivity index (χ1) is 20.5. The van der Waals surface area contributed by atoms with Crippen molar-refractivity contribution in [3.05, 3.63) is 82.7 Å². The van der Waals surface area contributed by atoms with Crippen LogP contribution in [0.5, 0.6) is 17.2 Å². The van der Waals surface area contributed by atoms with E-state index in [1.165, 1.54) is 36.0 Å². The molecule has 3 aromatic carbocycles. The summed E-state index contributed by atoms with van der Waals surface area (Å²) >= 11 is 0. The molecule has 1 N–H and O–H groups in total. The molecule has 0 bridgehead atoms. The molecule has 5 rings (SSSR count). The summed E-state index contributed by atoms with van der Waals surface area (Å²) in [6.45, 7) is 13.9. The zero-order chi connectivity index (χ0) is 30.8. The number of phenols is 1. The van der Waals surface area contributed by atoms with Crippen LogP contribution >= 0.6 is 0 Å². The number of halogens is 1. The summed E-state index contributed by atoms with van der Waals surface area (Å²) < 4.78 is 27.0. The maximum atomic E-state index is 15.3. The lowest BCUT2D eigenvalue weighted by Gasteiger charge is -2.53. The molecule has 0 aromatic heterocycles. The fraction of sp³-hybridized carbons (Fsp3) is 0.514. The first kappa shape index (κ1) is 31.2. The number of rotatable bonds is 10. The number of benzene rings is 3. The molecule has 1 saturated heterocycles. The van der Waals surface area contributed by atoms with Crippen molar-refractivity contribution in [2.24, 2.45) is 0 Å². The number of fused-ring (bicyclic) bond motifs is 1. The minimum absolute atomic E-state index is 0.111. The van der Waals surface area contributed by atoms with E-state index in [1.807, 2.05) is 18.2 Å². The molecule has 1 aliphatic heterocycles. The van der Waals surface area contributed by atoms with Crippen molar-refractivity contribution in [1.82, 2.24) is 4.90 Å². The number of anilines is 1. The molecule has 3 aromatic rings. The van der Waals surface area contributed by atoms with E-state index in [9.17, 15) is 5.11 Å². The summed E-state index contributed by atoms with van der Waals surface area (Å²) in [7, 11) is 1.69. The Balaban J connectivity index is 1.30. The predicted molar refractivity (Wildman–Crippen MR) is 173 cm³/mol. The summed E-state index contributed by atoms with van der Waals surface area (Å²) in [4.78, 5) is 4.83. The van der Waals surface area contributed by atoms with Crippen molar-refractivity contribution >= 4 is 5.69 Å². The van der Waals surface area contributed by atoms with Crippen molar-refractivity contribution in [2.45, 2.75) is 96.7 Å². The molecule has 1 heterocycles. The second kappa shape index (κ2) is 12.8. The molecular weight excluding hydrogens is 539 g/mol. The molecule has 6 heteroatoms. The van der Waals surface area contributed by atoms with Gasteiger partial charge in [0.2, 0.25) is 0 Å². The third-order valence-corrected chi connectivity index (χ3v) is 9.80. The summed E-state index contributed by atoms with van der Waals surface area (Å²) in [6, 6.07) is 17.5. The number of hydrogen-bond donors (Lipinski definition) is 1. The molecule has 1 atom stereocenters. The van der Waals surface area contributed by atoms with Gasteiger partial charge in [0.15, 0.2) is 11.6 Å². The Morgan fingerprint density at radius 3 is 2.44 bits per heavy atom. The zero-order valence-electron chi connectivity index (χ0n) is 26.9. The average Bonchev–Trinajstić information content (AvgIpc) is 2.97. The lowest BCUT2D eigenvalue weighted by Crippen LogP contribution is -2.59. The van der Waals surface area contributed by atoms with Gasteiger partial charge >= 0.3 is 0 Å². The van der Waals surface area contributed by atoms with Gasteiger partial charge in [-0.1, -0.05) is 18.2 Å². The first-order valence-electron chi connectivity index (χ1n) is 15.9. The van der Waals surface area contributed by atoms with Crippen LogP contribution in [0.4, 0.5) is 10.1 Å². The molecule has 0 saturated carbocycles. The van der Waals surface area contributed by atoms with Crippen LogP contribution in [0.2, 0.25) is 0 Å². The largest absolute Gasteiger partial charge is 0.508 e. The van der Waals surface area contributed by atoms with Gasteiger partial charge in [-0.2, -0.15) is 0 Å². The second-order valence-electron chi connectivity index (χ2n) is 13.6. The Morgan fingerprint density at radius 1 is 0.977 bits per heavy atom. The van der Waals surface area contributed by atoms with Gasteiger partial charge in [0, 0.05) is 42.5 Å². The van der Waals surface area contributed by atoms with Crippen LogP contribution in [0.25, 0.3) is 0 Å². The SMILES string of the molecule is CCN(Cc1ccc(OCCN2C(C)(C)CCCC2(C)C)c(F)c1)c1cc(OC)ccc1C1CCc2cc(O)ccc2C1. The highest BCUT2D eigenvalue weighted by molar-refractivity contribution is 5.60. The Bertz CT molecular complexity index is 1400. The van der Waals surface area contributed by atoms with Crippen LogP contribution in [0.1, 0.15) is 88.5 Å². The fourth-order valence-corrected chi connectivity index (χ4v) is 7.52. The quantitative estimate of drug-likeness (QED) is 0.258. The van der Waals surface area contributed by atoms with Gasteiger partial charge < -0.3 is 19.5 Å². The van der Waals surface area contributed by atoms with Gasteiger partial charge in [0.05, 0.1) is 7.11 Å². The monoisotopic (exact) mass is 588 g/mol. The third kappa shape index (κ3) is 6.95. The number of phenolic OH excluding ortho intramolecular Hbond substituents is 1. The van der Waals surface area contributed by atoms with E-state index in [-0.39, 0.29) is 16.9 Å². The maximum absolute atomic E-state index is 15.3. The van der Waals surface area contributed by atoms with Crippen molar-refractivity contribution < 1.29 is 19.0 Å². The lowest BCUT2D eigenvalue weighted by atomic mass is 9.79. The number of hydrogen-bond acceptors (Lipinski definition) is 5. The lowest BCUT2D eigenvalue weighted by molar-refractivity contribution is -0.0342. The van der Waals surface area contributed by atoms with Gasteiger partial charge in [-0.15, -0.1) is 0 Å². The highest BCUT2D eigenvalue weighted by Crippen LogP contribution is 2.41. The molecule has 1 fully saturated rings. The molecule has 0 radical (unpaired) electrons. The number of aromatic hydroxyl groups is 1. The van der Waals surface area contributed by atoms with Crippen molar-refractivity contribution in [2.75, 3.05) is 31.7 Å². The highest BCUT2D eigenvalue weighted by atomic mass is 19.1. The van der Waals surface area contributed by atoms with Gasteiger partial charge in [-0.3, -0.25) is 4.90 Å². The standard InChI is InChI=1S/C37H49FN2O3/c1-7-39(34-24-31(42-6)14-15-32(34)29-11-10-28-23-30(41)13-12-27(28)22-29)25-26-9-16-35(33(38)21-26)43-20-19-40-36(2,3)17-8-18-37(40,4)5/h9,12-16,21,23-24,29,41H,7-8,10-11,17-20,22,25H2,1-6H3. The van der Waals surface area contributed by atoms with E-state index in [0.29, 0.717) is 30.6 Å².